The number of nitrogens with one attached hydrogen (secondary N) is 2. The summed E-state index contributed by atoms with van der Waals surface area (Å²) in [6, 6.07) is 1.35. The Balaban J connectivity index is 1.77. The van der Waals surface area contributed by atoms with Crippen LogP contribution in [0.1, 0.15) is 58.8 Å². The Bertz CT molecular complexity index is 249. The maximum Gasteiger partial charge on any atom is 0.0692 e. The normalized spacial score (nSPS) is 33.2. The molecular weight excluding hydrogens is 236 g/mol. The minimum absolute atomic E-state index is 0.173. The van der Waals surface area contributed by atoms with Gasteiger partial charge in [-0.2, -0.15) is 0 Å². The Morgan fingerprint density at radius 3 is 2.58 bits per heavy atom. The summed E-state index contributed by atoms with van der Waals surface area (Å²) in [7, 11) is 0. The van der Waals surface area contributed by atoms with Gasteiger partial charge in [0.15, 0.2) is 0 Å². The number of aliphatic hydroxyl groups is 1. The van der Waals surface area contributed by atoms with Crippen LogP contribution in [0.2, 0.25) is 0 Å². The van der Waals surface area contributed by atoms with E-state index in [1.807, 2.05) is 0 Å². The zero-order valence-corrected chi connectivity index (χ0v) is 12.7. The molecule has 4 atom stereocenters. The van der Waals surface area contributed by atoms with Gasteiger partial charge in [0, 0.05) is 18.6 Å². The first-order chi connectivity index (χ1) is 9.26. The van der Waals surface area contributed by atoms with Crippen LogP contribution in [0.5, 0.6) is 0 Å². The van der Waals surface area contributed by atoms with Gasteiger partial charge in [0.05, 0.1) is 6.10 Å². The molecule has 19 heavy (non-hydrogen) atoms. The summed E-state index contributed by atoms with van der Waals surface area (Å²) in [5.41, 5.74) is 0. The van der Waals surface area contributed by atoms with Gasteiger partial charge in [-0.05, 0) is 44.1 Å². The van der Waals surface area contributed by atoms with E-state index in [1.54, 1.807) is 0 Å². The lowest BCUT2D eigenvalue weighted by atomic mass is 9.92. The van der Waals surface area contributed by atoms with Crippen molar-refractivity contribution in [3.63, 3.8) is 0 Å². The molecule has 4 unspecified atom stereocenters. The molecule has 112 valence electrons. The number of hydrogen-bond acceptors (Lipinski definition) is 3. The fourth-order valence-electron chi connectivity index (χ4n) is 4.07. The number of rotatable bonds is 7. The van der Waals surface area contributed by atoms with Crippen LogP contribution >= 0.6 is 0 Å². The Labute approximate surface area is 118 Å². The highest BCUT2D eigenvalue weighted by molar-refractivity contribution is 4.93. The standard InChI is InChI=1S/C16H32N2O/c1-3-12(4-2)16(19)11-18-15-8-5-7-13(15)14-9-6-10-17-14/h12-19H,3-11H2,1-2H3. The number of aliphatic hydroxyl groups excluding tert-OH is 1. The largest absolute Gasteiger partial charge is 0.392 e. The van der Waals surface area contributed by atoms with E-state index in [0.717, 1.165) is 31.3 Å². The highest BCUT2D eigenvalue weighted by Crippen LogP contribution is 2.32. The molecule has 2 fully saturated rings. The summed E-state index contributed by atoms with van der Waals surface area (Å²) in [6.07, 6.45) is 8.67. The van der Waals surface area contributed by atoms with Crippen molar-refractivity contribution in [1.82, 2.24) is 10.6 Å². The molecular formula is C16H32N2O. The summed E-state index contributed by atoms with van der Waals surface area (Å²) in [6.45, 7) is 6.33. The lowest BCUT2D eigenvalue weighted by molar-refractivity contribution is 0.0955. The fraction of sp³-hybridized carbons (Fsp3) is 1.00. The van der Waals surface area contributed by atoms with Crippen LogP contribution in [-0.4, -0.2) is 36.4 Å². The van der Waals surface area contributed by atoms with E-state index in [1.165, 1.54) is 38.6 Å². The van der Waals surface area contributed by atoms with Gasteiger partial charge in [-0.15, -0.1) is 0 Å². The van der Waals surface area contributed by atoms with Crippen LogP contribution in [0.15, 0.2) is 0 Å². The highest BCUT2D eigenvalue weighted by atomic mass is 16.3. The molecule has 3 nitrogen and oxygen atoms in total. The molecule has 0 amide bonds. The maximum atomic E-state index is 10.2. The summed E-state index contributed by atoms with van der Waals surface area (Å²) in [5.74, 6) is 1.24. The Morgan fingerprint density at radius 2 is 1.95 bits per heavy atom. The Hall–Kier alpha value is -0.120. The lowest BCUT2D eigenvalue weighted by Crippen LogP contribution is -2.45. The first-order valence-electron chi connectivity index (χ1n) is 8.41. The smallest absolute Gasteiger partial charge is 0.0692 e. The molecule has 0 spiro atoms. The molecule has 0 radical (unpaired) electrons. The molecule has 0 aromatic carbocycles. The van der Waals surface area contributed by atoms with Gasteiger partial charge in [-0.1, -0.05) is 33.1 Å². The molecule has 1 heterocycles. The quantitative estimate of drug-likeness (QED) is 0.664. The first kappa shape index (κ1) is 15.3. The van der Waals surface area contributed by atoms with Crippen molar-refractivity contribution >= 4 is 0 Å². The molecule has 1 aliphatic heterocycles. The summed E-state index contributed by atoms with van der Waals surface area (Å²) in [4.78, 5) is 0. The van der Waals surface area contributed by atoms with Crippen LogP contribution in [-0.2, 0) is 0 Å². The van der Waals surface area contributed by atoms with E-state index in [2.05, 4.69) is 24.5 Å². The molecule has 0 bridgehead atoms. The van der Waals surface area contributed by atoms with Crippen molar-refractivity contribution in [1.29, 1.82) is 0 Å². The van der Waals surface area contributed by atoms with E-state index < -0.39 is 0 Å². The van der Waals surface area contributed by atoms with Gasteiger partial charge < -0.3 is 15.7 Å². The summed E-state index contributed by atoms with van der Waals surface area (Å²) >= 11 is 0. The molecule has 2 aliphatic rings. The van der Waals surface area contributed by atoms with Crippen molar-refractivity contribution in [3.05, 3.63) is 0 Å². The molecule has 2 rings (SSSR count). The molecule has 0 aromatic rings. The average Bonchev–Trinajstić information content (AvgIpc) is 3.08. The molecule has 3 heteroatoms. The fourth-order valence-corrected chi connectivity index (χ4v) is 4.07. The highest BCUT2D eigenvalue weighted by Gasteiger charge is 2.35. The van der Waals surface area contributed by atoms with Crippen molar-refractivity contribution in [3.8, 4) is 0 Å². The van der Waals surface area contributed by atoms with Gasteiger partial charge in [0.1, 0.15) is 0 Å². The van der Waals surface area contributed by atoms with Gasteiger partial charge in [0.25, 0.3) is 0 Å². The molecule has 0 aromatic heterocycles. The molecule has 3 N–H and O–H groups in total. The Kier molecular flexibility index (Phi) is 6.11. The van der Waals surface area contributed by atoms with Crippen LogP contribution in [0, 0.1) is 11.8 Å². The third-order valence-corrected chi connectivity index (χ3v) is 5.37. The van der Waals surface area contributed by atoms with Gasteiger partial charge in [0.2, 0.25) is 0 Å². The second-order valence-electron chi connectivity index (χ2n) is 6.46. The minimum Gasteiger partial charge on any atom is -0.392 e. The molecule has 1 saturated carbocycles. The van der Waals surface area contributed by atoms with Crippen LogP contribution in [0.25, 0.3) is 0 Å². The van der Waals surface area contributed by atoms with E-state index in [0.29, 0.717) is 12.0 Å². The van der Waals surface area contributed by atoms with Crippen molar-refractivity contribution in [2.24, 2.45) is 11.8 Å². The van der Waals surface area contributed by atoms with Crippen LogP contribution in [0.3, 0.4) is 0 Å². The number of hydrogen-bond donors (Lipinski definition) is 3. The van der Waals surface area contributed by atoms with Gasteiger partial charge in [-0.25, -0.2) is 0 Å². The predicted octanol–water partition coefficient (Wildman–Crippen LogP) is 2.29. The zero-order chi connectivity index (χ0) is 13.7. The first-order valence-corrected chi connectivity index (χ1v) is 8.41. The monoisotopic (exact) mass is 268 g/mol. The van der Waals surface area contributed by atoms with Crippen LogP contribution < -0.4 is 10.6 Å². The van der Waals surface area contributed by atoms with Crippen molar-refractivity contribution < 1.29 is 5.11 Å². The predicted molar refractivity (Wildman–Crippen MR) is 80.2 cm³/mol. The van der Waals surface area contributed by atoms with Crippen molar-refractivity contribution in [2.75, 3.05) is 13.1 Å². The average molecular weight is 268 g/mol. The summed E-state index contributed by atoms with van der Waals surface area (Å²) < 4.78 is 0. The van der Waals surface area contributed by atoms with E-state index >= 15 is 0 Å². The third kappa shape index (κ3) is 3.93. The second kappa shape index (κ2) is 7.61. The van der Waals surface area contributed by atoms with E-state index in [9.17, 15) is 5.11 Å². The van der Waals surface area contributed by atoms with Crippen molar-refractivity contribution in [2.45, 2.75) is 77.0 Å². The zero-order valence-electron chi connectivity index (χ0n) is 12.7. The lowest BCUT2D eigenvalue weighted by Gasteiger charge is -2.29. The topological polar surface area (TPSA) is 44.3 Å². The molecule has 1 aliphatic carbocycles. The minimum atomic E-state index is -0.173. The third-order valence-electron chi connectivity index (χ3n) is 5.37. The molecule has 1 saturated heterocycles. The summed E-state index contributed by atoms with van der Waals surface area (Å²) in [5, 5.41) is 17.6. The second-order valence-corrected chi connectivity index (χ2v) is 6.46. The van der Waals surface area contributed by atoms with Crippen LogP contribution in [0.4, 0.5) is 0 Å². The SMILES string of the molecule is CCC(CC)C(O)CNC1CCCC1C1CCCN1. The van der Waals surface area contributed by atoms with Gasteiger partial charge >= 0.3 is 0 Å². The maximum absolute atomic E-state index is 10.2. The van der Waals surface area contributed by atoms with E-state index in [4.69, 9.17) is 0 Å². The van der Waals surface area contributed by atoms with E-state index in [-0.39, 0.29) is 6.10 Å². The Morgan fingerprint density at radius 1 is 1.16 bits per heavy atom. The van der Waals surface area contributed by atoms with Gasteiger partial charge in [-0.3, -0.25) is 0 Å².